The van der Waals surface area contributed by atoms with Crippen LogP contribution >= 0.6 is 0 Å². The van der Waals surface area contributed by atoms with Crippen molar-refractivity contribution >= 4 is 11.9 Å². The number of amides is 1. The summed E-state index contributed by atoms with van der Waals surface area (Å²) in [4.78, 5) is 30.4. The van der Waals surface area contributed by atoms with Crippen molar-refractivity contribution in [3.8, 4) is 11.3 Å². The number of carboxylic acids is 1. The van der Waals surface area contributed by atoms with Gasteiger partial charge in [0, 0.05) is 30.4 Å². The van der Waals surface area contributed by atoms with E-state index in [0.29, 0.717) is 25.1 Å². The van der Waals surface area contributed by atoms with Gasteiger partial charge in [-0.05, 0) is 43.0 Å². The SMILES string of the molecule is Cc1c(C(=O)N2CCC(C(=O)O)C(C)C2)cccc1-c1ccccn1. The molecule has 0 spiro atoms. The number of benzene rings is 1. The molecule has 0 bridgehead atoms. The van der Waals surface area contributed by atoms with Crippen LogP contribution in [0.25, 0.3) is 11.3 Å². The van der Waals surface area contributed by atoms with Gasteiger partial charge in [-0.1, -0.05) is 25.1 Å². The zero-order valence-electron chi connectivity index (χ0n) is 14.5. The third-order valence-electron chi connectivity index (χ3n) is 5.01. The molecule has 5 nitrogen and oxygen atoms in total. The highest BCUT2D eigenvalue weighted by Crippen LogP contribution is 2.28. The molecule has 1 fully saturated rings. The lowest BCUT2D eigenvalue weighted by atomic mass is 9.86. The fraction of sp³-hybridized carbons (Fsp3) is 0.350. The lowest BCUT2D eigenvalue weighted by Crippen LogP contribution is -2.45. The maximum Gasteiger partial charge on any atom is 0.306 e. The summed E-state index contributed by atoms with van der Waals surface area (Å²) in [5.74, 6) is -1.22. The first-order valence-corrected chi connectivity index (χ1v) is 8.52. The van der Waals surface area contributed by atoms with Gasteiger partial charge in [0.25, 0.3) is 5.91 Å². The quantitative estimate of drug-likeness (QED) is 0.933. The van der Waals surface area contributed by atoms with Crippen LogP contribution in [0.5, 0.6) is 0 Å². The molecule has 0 radical (unpaired) electrons. The lowest BCUT2D eigenvalue weighted by Gasteiger charge is -2.35. The summed E-state index contributed by atoms with van der Waals surface area (Å²) in [6, 6.07) is 11.4. The standard InChI is InChI=1S/C20H22N2O3/c1-13-12-22(11-9-15(13)20(24)25)19(23)17-7-5-6-16(14(17)2)18-8-3-4-10-21-18/h3-8,10,13,15H,9,11-12H2,1-2H3,(H,24,25). The van der Waals surface area contributed by atoms with Crippen LogP contribution in [0.15, 0.2) is 42.6 Å². The Labute approximate surface area is 147 Å². The van der Waals surface area contributed by atoms with E-state index in [1.807, 2.05) is 50.2 Å². The zero-order valence-corrected chi connectivity index (χ0v) is 14.5. The normalized spacial score (nSPS) is 20.3. The molecule has 1 aliphatic rings. The summed E-state index contributed by atoms with van der Waals surface area (Å²) < 4.78 is 0. The van der Waals surface area contributed by atoms with E-state index in [2.05, 4.69) is 4.98 Å². The number of carboxylic acid groups (broad SMARTS) is 1. The molecule has 1 aliphatic heterocycles. The predicted octanol–water partition coefficient (Wildman–Crippen LogP) is 3.24. The zero-order chi connectivity index (χ0) is 18.0. The van der Waals surface area contributed by atoms with E-state index in [1.165, 1.54) is 0 Å². The maximum atomic E-state index is 13.0. The van der Waals surface area contributed by atoms with Crippen molar-refractivity contribution in [3.05, 3.63) is 53.7 Å². The summed E-state index contributed by atoms with van der Waals surface area (Å²) in [7, 11) is 0. The minimum atomic E-state index is -0.770. The van der Waals surface area contributed by atoms with Crippen molar-refractivity contribution in [2.75, 3.05) is 13.1 Å². The average Bonchev–Trinajstić information content (AvgIpc) is 2.61. The lowest BCUT2D eigenvalue weighted by molar-refractivity contribution is -0.145. The second-order valence-corrected chi connectivity index (χ2v) is 6.65. The second-order valence-electron chi connectivity index (χ2n) is 6.65. The van der Waals surface area contributed by atoms with Gasteiger partial charge < -0.3 is 10.0 Å². The first-order chi connectivity index (χ1) is 12.0. The molecule has 130 valence electrons. The van der Waals surface area contributed by atoms with Gasteiger partial charge in [0.05, 0.1) is 11.6 Å². The Morgan fingerprint density at radius 3 is 2.64 bits per heavy atom. The van der Waals surface area contributed by atoms with Crippen LogP contribution in [0.1, 0.15) is 29.3 Å². The predicted molar refractivity (Wildman–Crippen MR) is 95.2 cm³/mol. The minimum Gasteiger partial charge on any atom is -0.481 e. The highest BCUT2D eigenvalue weighted by Gasteiger charge is 2.33. The Bertz CT molecular complexity index is 789. The molecular weight excluding hydrogens is 316 g/mol. The van der Waals surface area contributed by atoms with Crippen LogP contribution in [0.2, 0.25) is 0 Å². The number of carbonyl (C=O) groups excluding carboxylic acids is 1. The number of nitrogens with zero attached hydrogens (tertiary/aromatic N) is 2. The molecule has 1 saturated heterocycles. The van der Waals surface area contributed by atoms with Gasteiger partial charge in [0.2, 0.25) is 0 Å². The number of likely N-dealkylation sites (tertiary alicyclic amines) is 1. The number of carbonyl (C=O) groups is 2. The van der Waals surface area contributed by atoms with E-state index in [1.54, 1.807) is 11.1 Å². The van der Waals surface area contributed by atoms with Crippen molar-refractivity contribution in [1.82, 2.24) is 9.88 Å². The van der Waals surface area contributed by atoms with E-state index < -0.39 is 5.97 Å². The van der Waals surface area contributed by atoms with E-state index in [0.717, 1.165) is 16.8 Å². The van der Waals surface area contributed by atoms with Crippen molar-refractivity contribution in [2.45, 2.75) is 20.3 Å². The van der Waals surface area contributed by atoms with E-state index in [-0.39, 0.29) is 17.7 Å². The molecule has 2 atom stereocenters. The van der Waals surface area contributed by atoms with E-state index in [4.69, 9.17) is 0 Å². The number of aromatic nitrogens is 1. The smallest absolute Gasteiger partial charge is 0.306 e. The molecule has 1 N–H and O–H groups in total. The van der Waals surface area contributed by atoms with Crippen LogP contribution in [0.3, 0.4) is 0 Å². The summed E-state index contributed by atoms with van der Waals surface area (Å²) in [5, 5.41) is 9.25. The van der Waals surface area contributed by atoms with E-state index >= 15 is 0 Å². The summed E-state index contributed by atoms with van der Waals surface area (Å²) in [6.07, 6.45) is 2.24. The van der Waals surface area contributed by atoms with Gasteiger partial charge in [0.1, 0.15) is 0 Å². The first-order valence-electron chi connectivity index (χ1n) is 8.52. The fourth-order valence-corrected chi connectivity index (χ4v) is 3.53. The molecule has 3 rings (SSSR count). The Balaban J connectivity index is 1.85. The Hall–Kier alpha value is -2.69. The summed E-state index contributed by atoms with van der Waals surface area (Å²) in [5.41, 5.74) is 3.34. The molecule has 2 unspecified atom stereocenters. The highest BCUT2D eigenvalue weighted by molar-refractivity contribution is 5.97. The van der Waals surface area contributed by atoms with Gasteiger partial charge in [-0.25, -0.2) is 0 Å². The monoisotopic (exact) mass is 338 g/mol. The van der Waals surface area contributed by atoms with Crippen molar-refractivity contribution in [1.29, 1.82) is 0 Å². The first kappa shape index (κ1) is 17.1. The number of aliphatic carboxylic acids is 1. The van der Waals surface area contributed by atoms with Crippen molar-refractivity contribution in [3.63, 3.8) is 0 Å². The highest BCUT2D eigenvalue weighted by atomic mass is 16.4. The Kier molecular flexibility index (Phi) is 4.83. The molecule has 0 saturated carbocycles. The summed E-state index contributed by atoms with van der Waals surface area (Å²) >= 11 is 0. The Morgan fingerprint density at radius 1 is 1.20 bits per heavy atom. The molecule has 1 aromatic heterocycles. The Morgan fingerprint density at radius 2 is 2.00 bits per heavy atom. The second kappa shape index (κ2) is 7.05. The molecule has 5 heteroatoms. The molecular formula is C20H22N2O3. The third-order valence-corrected chi connectivity index (χ3v) is 5.01. The average molecular weight is 338 g/mol. The number of hydrogen-bond donors (Lipinski definition) is 1. The molecule has 0 aliphatic carbocycles. The third kappa shape index (κ3) is 3.40. The van der Waals surface area contributed by atoms with Crippen LogP contribution in [0, 0.1) is 18.8 Å². The molecule has 1 aromatic carbocycles. The summed E-state index contributed by atoms with van der Waals surface area (Å²) in [6.45, 7) is 4.79. The van der Waals surface area contributed by atoms with Crippen LogP contribution in [0.4, 0.5) is 0 Å². The van der Waals surface area contributed by atoms with Crippen LogP contribution < -0.4 is 0 Å². The minimum absolute atomic E-state index is 0.0361. The molecule has 2 heterocycles. The number of hydrogen-bond acceptors (Lipinski definition) is 3. The van der Waals surface area contributed by atoms with Crippen molar-refractivity contribution < 1.29 is 14.7 Å². The number of piperidine rings is 1. The van der Waals surface area contributed by atoms with Crippen LogP contribution in [-0.4, -0.2) is 40.0 Å². The van der Waals surface area contributed by atoms with Crippen LogP contribution in [-0.2, 0) is 4.79 Å². The molecule has 1 amide bonds. The number of pyridine rings is 1. The van der Waals surface area contributed by atoms with Gasteiger partial charge in [0.15, 0.2) is 0 Å². The van der Waals surface area contributed by atoms with Gasteiger partial charge >= 0.3 is 5.97 Å². The number of rotatable bonds is 3. The molecule has 2 aromatic rings. The van der Waals surface area contributed by atoms with Gasteiger partial charge in [-0.3, -0.25) is 14.6 Å². The van der Waals surface area contributed by atoms with Gasteiger partial charge in [-0.15, -0.1) is 0 Å². The fourth-order valence-electron chi connectivity index (χ4n) is 3.53. The topological polar surface area (TPSA) is 70.5 Å². The maximum absolute atomic E-state index is 13.0. The molecule has 25 heavy (non-hydrogen) atoms. The van der Waals surface area contributed by atoms with E-state index in [9.17, 15) is 14.7 Å². The largest absolute Gasteiger partial charge is 0.481 e. The van der Waals surface area contributed by atoms with Gasteiger partial charge in [-0.2, -0.15) is 0 Å². The van der Waals surface area contributed by atoms with Crippen molar-refractivity contribution in [2.24, 2.45) is 11.8 Å².